The summed E-state index contributed by atoms with van der Waals surface area (Å²) < 4.78 is 18.6. The SMILES string of the molecule is CC(=O)N1CCC(n2ncc(-c3cc(Sc4ccccc4C#N)c4c(C#N)cnn4c3)c2F)CC1. The van der Waals surface area contributed by atoms with Crippen molar-refractivity contribution < 1.29 is 9.18 Å². The molecule has 8 nitrogen and oxygen atoms in total. The molecule has 1 aliphatic heterocycles. The third kappa shape index (κ3) is 4.13. The summed E-state index contributed by atoms with van der Waals surface area (Å²) in [5.74, 6) is -0.427. The van der Waals surface area contributed by atoms with Crippen molar-refractivity contribution in [1.29, 1.82) is 10.5 Å². The molecule has 1 aromatic carbocycles. The third-order valence-corrected chi connectivity index (χ3v) is 7.33. The number of carbonyl (C=O) groups excluding carboxylic acids is 1. The lowest BCUT2D eigenvalue weighted by Crippen LogP contribution is -2.38. The van der Waals surface area contributed by atoms with Gasteiger partial charge >= 0.3 is 0 Å². The quantitative estimate of drug-likeness (QED) is 0.424. The molecule has 0 atom stereocenters. The van der Waals surface area contributed by atoms with Crippen LogP contribution >= 0.6 is 11.8 Å². The van der Waals surface area contributed by atoms with E-state index in [1.165, 1.54) is 28.8 Å². The number of fused-ring (bicyclic) bond motifs is 1. The summed E-state index contributed by atoms with van der Waals surface area (Å²) in [4.78, 5) is 14.8. The van der Waals surface area contributed by atoms with E-state index in [1.54, 1.807) is 40.7 Å². The Kier molecular flexibility index (Phi) is 5.98. The molecule has 35 heavy (non-hydrogen) atoms. The molecule has 0 N–H and O–H groups in total. The van der Waals surface area contributed by atoms with Crippen LogP contribution in [0.25, 0.3) is 16.6 Å². The third-order valence-electron chi connectivity index (χ3n) is 6.23. The highest BCUT2D eigenvalue weighted by Gasteiger charge is 2.26. The monoisotopic (exact) mass is 485 g/mol. The molecule has 5 rings (SSSR count). The molecule has 0 bridgehead atoms. The Morgan fingerprint density at radius 1 is 1.09 bits per heavy atom. The van der Waals surface area contributed by atoms with Crippen molar-refractivity contribution in [1.82, 2.24) is 24.3 Å². The Labute approximate surface area is 205 Å². The van der Waals surface area contributed by atoms with E-state index in [0.717, 1.165) is 4.90 Å². The number of carbonyl (C=O) groups is 1. The zero-order valence-electron chi connectivity index (χ0n) is 18.8. The molecule has 1 fully saturated rings. The van der Waals surface area contributed by atoms with Crippen LogP contribution in [-0.2, 0) is 4.79 Å². The maximum absolute atomic E-state index is 15.6. The van der Waals surface area contributed by atoms with Crippen LogP contribution in [0.2, 0.25) is 0 Å². The van der Waals surface area contributed by atoms with Gasteiger partial charge in [0.25, 0.3) is 0 Å². The normalized spacial score (nSPS) is 14.1. The number of piperidine rings is 1. The molecule has 1 amide bonds. The molecular formula is C25H20FN7OS. The van der Waals surface area contributed by atoms with E-state index in [2.05, 4.69) is 22.3 Å². The predicted molar refractivity (Wildman–Crippen MR) is 127 cm³/mol. The van der Waals surface area contributed by atoms with Crippen molar-refractivity contribution in [2.24, 2.45) is 0 Å². The maximum atomic E-state index is 15.6. The van der Waals surface area contributed by atoms with E-state index in [9.17, 15) is 15.3 Å². The van der Waals surface area contributed by atoms with Gasteiger partial charge in [0, 0.05) is 41.6 Å². The Morgan fingerprint density at radius 3 is 2.54 bits per heavy atom. The first kappa shape index (κ1) is 22.6. The van der Waals surface area contributed by atoms with Gasteiger partial charge in [-0.1, -0.05) is 23.9 Å². The summed E-state index contributed by atoms with van der Waals surface area (Å²) in [6.07, 6.45) is 5.92. The van der Waals surface area contributed by atoms with Crippen LogP contribution in [-0.4, -0.2) is 43.3 Å². The highest BCUT2D eigenvalue weighted by molar-refractivity contribution is 7.99. The van der Waals surface area contributed by atoms with Crippen LogP contribution in [0.3, 0.4) is 0 Å². The fraction of sp³-hybridized carbons (Fsp3) is 0.240. The number of hydrogen-bond donors (Lipinski definition) is 0. The number of rotatable bonds is 4. The van der Waals surface area contributed by atoms with E-state index in [-0.39, 0.29) is 11.9 Å². The first-order valence-electron chi connectivity index (χ1n) is 11.1. The molecular weight excluding hydrogens is 465 g/mol. The first-order chi connectivity index (χ1) is 17.0. The lowest BCUT2D eigenvalue weighted by atomic mass is 10.1. The Balaban J connectivity index is 1.54. The van der Waals surface area contributed by atoms with E-state index >= 15 is 4.39 Å². The van der Waals surface area contributed by atoms with Gasteiger partial charge in [-0.15, -0.1) is 0 Å². The number of nitriles is 2. The number of amides is 1. The van der Waals surface area contributed by atoms with E-state index in [0.29, 0.717) is 58.6 Å². The second kappa shape index (κ2) is 9.24. The molecule has 4 heterocycles. The number of nitrogens with zero attached hydrogens (tertiary/aromatic N) is 7. The molecule has 0 unspecified atom stereocenters. The standard InChI is InChI=1S/C25H20FN7OS/c1-16(34)31-8-6-20(7-9-31)33-25(26)21(14-30-33)18-10-23(24-19(12-28)13-29-32(24)15-18)35-22-5-3-2-4-17(22)11-27/h2-5,10,13-15,20H,6-9H2,1H3. The number of halogens is 1. The fourth-order valence-corrected chi connectivity index (χ4v) is 5.47. The van der Waals surface area contributed by atoms with Crippen molar-refractivity contribution >= 4 is 23.2 Å². The van der Waals surface area contributed by atoms with Crippen LogP contribution in [0, 0.1) is 28.6 Å². The van der Waals surface area contributed by atoms with Crippen molar-refractivity contribution in [3.8, 4) is 23.3 Å². The summed E-state index contributed by atoms with van der Waals surface area (Å²) in [6.45, 7) is 2.69. The van der Waals surface area contributed by atoms with Gasteiger partial charge in [0.05, 0.1) is 40.6 Å². The molecule has 0 aliphatic carbocycles. The smallest absolute Gasteiger partial charge is 0.219 e. The summed E-state index contributed by atoms with van der Waals surface area (Å²) in [5.41, 5.74) is 2.38. The second-order valence-electron chi connectivity index (χ2n) is 8.30. The average Bonchev–Trinajstić information content (AvgIpc) is 3.47. The van der Waals surface area contributed by atoms with Gasteiger partial charge < -0.3 is 4.90 Å². The van der Waals surface area contributed by atoms with Gasteiger partial charge in [-0.3, -0.25) is 4.79 Å². The molecule has 1 aliphatic rings. The minimum atomic E-state index is -0.452. The number of likely N-dealkylation sites (tertiary alicyclic amines) is 1. The van der Waals surface area contributed by atoms with Gasteiger partial charge in [0.2, 0.25) is 11.9 Å². The molecule has 0 radical (unpaired) electrons. The minimum absolute atomic E-state index is 0.0253. The zero-order valence-corrected chi connectivity index (χ0v) is 19.7. The van der Waals surface area contributed by atoms with Crippen molar-refractivity contribution in [2.75, 3.05) is 13.1 Å². The second-order valence-corrected chi connectivity index (χ2v) is 9.38. The van der Waals surface area contributed by atoms with Crippen molar-refractivity contribution in [2.45, 2.75) is 35.6 Å². The van der Waals surface area contributed by atoms with E-state index in [1.807, 2.05) is 12.1 Å². The van der Waals surface area contributed by atoms with Gasteiger partial charge in [0.15, 0.2) is 0 Å². The summed E-state index contributed by atoms with van der Waals surface area (Å²) in [7, 11) is 0. The van der Waals surface area contributed by atoms with Gasteiger partial charge in [-0.25, -0.2) is 9.20 Å². The molecule has 4 aromatic rings. The fourth-order valence-electron chi connectivity index (χ4n) is 4.38. The number of pyridine rings is 1. The zero-order chi connectivity index (χ0) is 24.5. The highest BCUT2D eigenvalue weighted by atomic mass is 32.2. The largest absolute Gasteiger partial charge is 0.343 e. The summed E-state index contributed by atoms with van der Waals surface area (Å²) >= 11 is 1.33. The van der Waals surface area contributed by atoms with Crippen molar-refractivity contribution in [3.63, 3.8) is 0 Å². The van der Waals surface area contributed by atoms with E-state index in [4.69, 9.17) is 0 Å². The Morgan fingerprint density at radius 2 is 1.83 bits per heavy atom. The number of benzene rings is 1. The van der Waals surface area contributed by atoms with E-state index < -0.39 is 5.95 Å². The number of hydrogen-bond acceptors (Lipinski definition) is 6. The highest BCUT2D eigenvalue weighted by Crippen LogP contribution is 2.38. The van der Waals surface area contributed by atoms with Crippen LogP contribution in [0.1, 0.15) is 36.9 Å². The molecule has 174 valence electrons. The molecule has 0 saturated carbocycles. The lowest BCUT2D eigenvalue weighted by molar-refractivity contribution is -0.130. The summed E-state index contributed by atoms with van der Waals surface area (Å²) in [5, 5.41) is 27.7. The molecule has 1 saturated heterocycles. The van der Waals surface area contributed by atoms with Crippen LogP contribution in [0.4, 0.5) is 4.39 Å². The van der Waals surface area contributed by atoms with Crippen LogP contribution in [0.5, 0.6) is 0 Å². The minimum Gasteiger partial charge on any atom is -0.343 e. The Hall–Kier alpha value is -4.15. The first-order valence-corrected chi connectivity index (χ1v) is 11.9. The topological polar surface area (TPSA) is 103 Å². The Bertz CT molecular complexity index is 1520. The molecule has 10 heteroatoms. The molecule has 0 spiro atoms. The van der Waals surface area contributed by atoms with Crippen molar-refractivity contribution in [3.05, 3.63) is 66.0 Å². The summed E-state index contributed by atoms with van der Waals surface area (Å²) in [6, 6.07) is 13.2. The lowest BCUT2D eigenvalue weighted by Gasteiger charge is -2.31. The maximum Gasteiger partial charge on any atom is 0.219 e. The molecule has 3 aromatic heterocycles. The predicted octanol–water partition coefficient (Wildman–Crippen LogP) is 4.41. The van der Waals surface area contributed by atoms with Gasteiger partial charge in [0.1, 0.15) is 12.1 Å². The van der Waals surface area contributed by atoms with Crippen LogP contribution < -0.4 is 0 Å². The van der Waals surface area contributed by atoms with Crippen LogP contribution in [0.15, 0.2) is 58.7 Å². The average molecular weight is 486 g/mol. The number of aromatic nitrogens is 4. The van der Waals surface area contributed by atoms with Gasteiger partial charge in [-0.2, -0.15) is 25.1 Å². The van der Waals surface area contributed by atoms with Gasteiger partial charge in [-0.05, 0) is 31.0 Å².